The first-order valence-corrected chi connectivity index (χ1v) is 5.20. The molecule has 17 heavy (non-hydrogen) atoms. The van der Waals surface area contributed by atoms with Crippen molar-refractivity contribution in [3.05, 3.63) is 23.3 Å². The first kappa shape index (κ1) is 13.3. The summed E-state index contributed by atoms with van der Waals surface area (Å²) in [4.78, 5) is 10.7. The van der Waals surface area contributed by atoms with Crippen LogP contribution >= 0.6 is 0 Å². The Morgan fingerprint density at radius 3 is 2.41 bits per heavy atom. The van der Waals surface area contributed by atoms with Gasteiger partial charge >= 0.3 is 5.97 Å². The van der Waals surface area contributed by atoms with Crippen molar-refractivity contribution in [2.24, 2.45) is 5.73 Å². The largest absolute Gasteiger partial charge is 0.493 e. The van der Waals surface area contributed by atoms with Crippen molar-refractivity contribution < 1.29 is 19.4 Å². The third-order valence-corrected chi connectivity index (χ3v) is 2.54. The minimum atomic E-state index is -0.945. The molecule has 0 aromatic heterocycles. The summed E-state index contributed by atoms with van der Waals surface area (Å²) in [5.74, 6) is 0.145. The number of carboxylic acids is 1. The predicted molar refractivity (Wildman–Crippen MR) is 63.5 cm³/mol. The highest BCUT2D eigenvalue weighted by Gasteiger charge is 2.19. The standard InChI is InChI=1S/C12H17NO4/c1-7-4-5-8(9(13)6-10(14)15)12(17-3)11(7)16-2/h4-5,9H,6,13H2,1-3H3,(H,14,15). The number of aryl methyl sites for hydroxylation is 1. The van der Waals surface area contributed by atoms with E-state index in [4.69, 9.17) is 20.3 Å². The fraction of sp³-hybridized carbons (Fsp3) is 0.417. The van der Waals surface area contributed by atoms with Gasteiger partial charge in [-0.2, -0.15) is 0 Å². The number of methoxy groups -OCH3 is 2. The topological polar surface area (TPSA) is 81.8 Å². The Hall–Kier alpha value is -1.75. The lowest BCUT2D eigenvalue weighted by Gasteiger charge is -2.18. The van der Waals surface area contributed by atoms with E-state index >= 15 is 0 Å². The van der Waals surface area contributed by atoms with Crippen LogP contribution in [0, 0.1) is 6.92 Å². The molecule has 5 nitrogen and oxygen atoms in total. The van der Waals surface area contributed by atoms with Gasteiger partial charge < -0.3 is 20.3 Å². The van der Waals surface area contributed by atoms with Gasteiger partial charge in [0.1, 0.15) is 0 Å². The Morgan fingerprint density at radius 1 is 1.35 bits per heavy atom. The van der Waals surface area contributed by atoms with Crippen molar-refractivity contribution >= 4 is 5.97 Å². The van der Waals surface area contributed by atoms with Crippen molar-refractivity contribution in [3.8, 4) is 11.5 Å². The predicted octanol–water partition coefficient (Wildman–Crippen LogP) is 1.49. The van der Waals surface area contributed by atoms with Crippen LogP contribution in [0.2, 0.25) is 0 Å². The molecule has 1 rings (SSSR count). The van der Waals surface area contributed by atoms with Gasteiger partial charge in [-0.1, -0.05) is 12.1 Å². The Labute approximate surface area is 100 Å². The maximum atomic E-state index is 10.7. The molecule has 0 saturated carbocycles. The molecule has 0 radical (unpaired) electrons. The molecule has 0 saturated heterocycles. The van der Waals surface area contributed by atoms with Crippen LogP contribution in [0.15, 0.2) is 12.1 Å². The van der Waals surface area contributed by atoms with E-state index in [1.807, 2.05) is 13.0 Å². The van der Waals surface area contributed by atoms with Crippen LogP contribution in [0.25, 0.3) is 0 Å². The summed E-state index contributed by atoms with van der Waals surface area (Å²) in [6.45, 7) is 1.88. The molecule has 1 aromatic rings. The Balaban J connectivity index is 3.19. The van der Waals surface area contributed by atoms with E-state index in [0.29, 0.717) is 17.1 Å². The zero-order valence-electron chi connectivity index (χ0n) is 10.2. The molecule has 0 bridgehead atoms. The van der Waals surface area contributed by atoms with Crippen LogP contribution in [0.3, 0.4) is 0 Å². The SMILES string of the molecule is COc1c(C)ccc(C(N)CC(=O)O)c1OC. The van der Waals surface area contributed by atoms with Gasteiger partial charge in [-0.15, -0.1) is 0 Å². The van der Waals surface area contributed by atoms with Crippen molar-refractivity contribution in [2.45, 2.75) is 19.4 Å². The molecule has 0 amide bonds. The molecule has 0 aliphatic rings. The number of carbonyl (C=O) groups is 1. The first-order valence-electron chi connectivity index (χ1n) is 5.20. The number of rotatable bonds is 5. The second-order valence-electron chi connectivity index (χ2n) is 3.74. The molecule has 94 valence electrons. The Kier molecular flexibility index (Phi) is 4.34. The molecule has 0 fully saturated rings. The van der Waals surface area contributed by atoms with Crippen LogP contribution in [0.1, 0.15) is 23.6 Å². The first-order chi connectivity index (χ1) is 8.01. The minimum absolute atomic E-state index is 0.150. The summed E-state index contributed by atoms with van der Waals surface area (Å²) in [7, 11) is 3.05. The second-order valence-corrected chi connectivity index (χ2v) is 3.74. The maximum absolute atomic E-state index is 10.7. The Morgan fingerprint density at radius 2 is 1.94 bits per heavy atom. The molecule has 0 heterocycles. The summed E-state index contributed by atoms with van der Waals surface area (Å²) in [6, 6.07) is 2.99. The fourth-order valence-corrected chi connectivity index (χ4v) is 1.73. The van der Waals surface area contributed by atoms with E-state index in [-0.39, 0.29) is 6.42 Å². The number of hydrogen-bond acceptors (Lipinski definition) is 4. The van der Waals surface area contributed by atoms with E-state index in [0.717, 1.165) is 5.56 Å². The van der Waals surface area contributed by atoms with E-state index < -0.39 is 12.0 Å². The van der Waals surface area contributed by atoms with E-state index in [1.54, 1.807) is 6.07 Å². The third-order valence-electron chi connectivity index (χ3n) is 2.54. The van der Waals surface area contributed by atoms with Crippen LogP contribution in [0.4, 0.5) is 0 Å². The van der Waals surface area contributed by atoms with Crippen molar-refractivity contribution in [3.63, 3.8) is 0 Å². The zero-order chi connectivity index (χ0) is 13.0. The molecule has 0 spiro atoms. The van der Waals surface area contributed by atoms with Gasteiger partial charge in [-0.05, 0) is 12.5 Å². The lowest BCUT2D eigenvalue weighted by Crippen LogP contribution is -2.16. The molecular weight excluding hydrogens is 222 g/mol. The average Bonchev–Trinajstić information content (AvgIpc) is 2.27. The summed E-state index contributed by atoms with van der Waals surface area (Å²) in [5, 5.41) is 8.74. The van der Waals surface area contributed by atoms with Gasteiger partial charge in [0.25, 0.3) is 0 Å². The highest BCUT2D eigenvalue weighted by Crippen LogP contribution is 2.37. The maximum Gasteiger partial charge on any atom is 0.305 e. The molecule has 1 atom stereocenters. The van der Waals surface area contributed by atoms with Gasteiger partial charge in [0.15, 0.2) is 11.5 Å². The molecular formula is C12H17NO4. The van der Waals surface area contributed by atoms with Crippen LogP contribution < -0.4 is 15.2 Å². The summed E-state index contributed by atoms with van der Waals surface area (Å²) in [6.07, 6.45) is -0.150. The van der Waals surface area contributed by atoms with Gasteiger partial charge in [0, 0.05) is 11.6 Å². The lowest BCUT2D eigenvalue weighted by atomic mass is 10.0. The minimum Gasteiger partial charge on any atom is -0.493 e. The van der Waals surface area contributed by atoms with Crippen molar-refractivity contribution in [1.29, 1.82) is 0 Å². The highest BCUT2D eigenvalue weighted by atomic mass is 16.5. The summed E-state index contributed by atoms with van der Waals surface area (Å²) < 4.78 is 10.5. The van der Waals surface area contributed by atoms with Crippen LogP contribution in [-0.2, 0) is 4.79 Å². The molecule has 3 N–H and O–H groups in total. The summed E-state index contributed by atoms with van der Waals surface area (Å²) in [5.41, 5.74) is 7.38. The van der Waals surface area contributed by atoms with Gasteiger partial charge in [-0.25, -0.2) is 0 Å². The number of carboxylic acid groups (broad SMARTS) is 1. The third kappa shape index (κ3) is 2.88. The van der Waals surface area contributed by atoms with Crippen LogP contribution in [-0.4, -0.2) is 25.3 Å². The second kappa shape index (κ2) is 5.54. The quantitative estimate of drug-likeness (QED) is 0.813. The van der Waals surface area contributed by atoms with Gasteiger partial charge in [0.2, 0.25) is 0 Å². The fourth-order valence-electron chi connectivity index (χ4n) is 1.73. The number of benzene rings is 1. The molecule has 0 aliphatic carbocycles. The number of ether oxygens (including phenoxy) is 2. The van der Waals surface area contributed by atoms with E-state index in [1.165, 1.54) is 14.2 Å². The molecule has 5 heteroatoms. The van der Waals surface area contributed by atoms with E-state index in [2.05, 4.69) is 0 Å². The van der Waals surface area contributed by atoms with Crippen LogP contribution in [0.5, 0.6) is 11.5 Å². The number of aliphatic carboxylic acids is 1. The molecule has 0 aliphatic heterocycles. The zero-order valence-corrected chi connectivity index (χ0v) is 10.2. The number of hydrogen-bond donors (Lipinski definition) is 2. The highest BCUT2D eigenvalue weighted by molar-refractivity contribution is 5.68. The van der Waals surface area contributed by atoms with Gasteiger partial charge in [0.05, 0.1) is 20.6 Å². The van der Waals surface area contributed by atoms with Crippen molar-refractivity contribution in [1.82, 2.24) is 0 Å². The number of nitrogens with two attached hydrogens (primary N) is 1. The lowest BCUT2D eigenvalue weighted by molar-refractivity contribution is -0.137. The molecule has 1 unspecified atom stereocenters. The molecule has 1 aromatic carbocycles. The Bertz CT molecular complexity index is 417. The van der Waals surface area contributed by atoms with Gasteiger partial charge in [-0.3, -0.25) is 4.79 Å². The summed E-state index contributed by atoms with van der Waals surface area (Å²) >= 11 is 0. The normalized spacial score (nSPS) is 12.0. The average molecular weight is 239 g/mol. The smallest absolute Gasteiger partial charge is 0.305 e. The monoisotopic (exact) mass is 239 g/mol. The van der Waals surface area contributed by atoms with Crippen molar-refractivity contribution in [2.75, 3.05) is 14.2 Å². The van der Waals surface area contributed by atoms with E-state index in [9.17, 15) is 4.79 Å².